The molecule has 0 aliphatic heterocycles. The summed E-state index contributed by atoms with van der Waals surface area (Å²) >= 11 is 1.31. The molecule has 2 aromatic rings. The van der Waals surface area contributed by atoms with Crippen LogP contribution >= 0.6 is 11.5 Å². The van der Waals surface area contributed by atoms with Gasteiger partial charge in [0.15, 0.2) is 0 Å². The van der Waals surface area contributed by atoms with E-state index in [1.165, 1.54) is 11.5 Å². The molecule has 15 heavy (non-hydrogen) atoms. The van der Waals surface area contributed by atoms with Crippen LogP contribution in [0, 0.1) is 5.41 Å². The van der Waals surface area contributed by atoms with Crippen LogP contribution in [0.25, 0.3) is 0 Å². The van der Waals surface area contributed by atoms with Crippen LogP contribution in [-0.4, -0.2) is 10.2 Å². The molecule has 0 fully saturated rings. The maximum Gasteiger partial charge on any atom is 0.230 e. The molecule has 0 radical (unpaired) electrons. The highest BCUT2D eigenvalue weighted by Gasteiger charge is 2.07. The van der Waals surface area contributed by atoms with E-state index < -0.39 is 0 Å². The van der Waals surface area contributed by atoms with Gasteiger partial charge >= 0.3 is 0 Å². The van der Waals surface area contributed by atoms with E-state index in [0.29, 0.717) is 17.2 Å². The maximum absolute atomic E-state index is 7.38. The number of aromatic nitrogens is 1. The second kappa shape index (κ2) is 4.10. The Morgan fingerprint density at radius 2 is 2.13 bits per heavy atom. The fraction of sp³-hybridized carbons (Fsp3) is 0. The molecule has 0 saturated heterocycles. The summed E-state index contributed by atoms with van der Waals surface area (Å²) in [7, 11) is 0. The molecule has 76 valence electrons. The molecule has 0 saturated carbocycles. The smallest absolute Gasteiger partial charge is 0.230 e. The van der Waals surface area contributed by atoms with Crippen molar-refractivity contribution in [1.29, 1.82) is 5.41 Å². The van der Waals surface area contributed by atoms with E-state index in [9.17, 15) is 0 Å². The molecular formula is C10H9N3OS. The van der Waals surface area contributed by atoms with Crippen LogP contribution in [0.2, 0.25) is 0 Å². The number of amidine groups is 1. The standard InChI is InChI=1S/C10H9N3OS/c11-10(12)7-3-1-2-4-8(7)14-9-5-6-15-13-9/h1-6H,(H3,11,12). The molecule has 0 aliphatic rings. The lowest BCUT2D eigenvalue weighted by molar-refractivity contribution is 0.468. The number of nitrogens with two attached hydrogens (primary N) is 1. The molecule has 1 aromatic heterocycles. The summed E-state index contributed by atoms with van der Waals surface area (Å²) in [5.74, 6) is 1.06. The van der Waals surface area contributed by atoms with Crippen molar-refractivity contribution >= 4 is 17.4 Å². The number of benzene rings is 1. The number of nitrogens with one attached hydrogen (secondary N) is 1. The molecule has 4 nitrogen and oxygen atoms in total. The molecule has 0 aliphatic carbocycles. The van der Waals surface area contributed by atoms with Crippen LogP contribution in [0.3, 0.4) is 0 Å². The SMILES string of the molecule is N=C(N)c1ccccc1Oc1ccsn1. The molecule has 0 atom stereocenters. The zero-order chi connectivity index (χ0) is 10.7. The highest BCUT2D eigenvalue weighted by Crippen LogP contribution is 2.24. The van der Waals surface area contributed by atoms with Gasteiger partial charge in [-0.25, -0.2) is 0 Å². The Morgan fingerprint density at radius 3 is 2.80 bits per heavy atom. The third-order valence-electron chi connectivity index (χ3n) is 1.81. The maximum atomic E-state index is 7.38. The van der Waals surface area contributed by atoms with Gasteiger partial charge in [0.1, 0.15) is 11.6 Å². The Balaban J connectivity index is 2.32. The van der Waals surface area contributed by atoms with E-state index >= 15 is 0 Å². The van der Waals surface area contributed by atoms with Crippen molar-refractivity contribution in [2.24, 2.45) is 5.73 Å². The van der Waals surface area contributed by atoms with E-state index in [1.807, 2.05) is 17.5 Å². The molecule has 3 N–H and O–H groups in total. The fourth-order valence-corrected chi connectivity index (χ4v) is 1.59. The molecule has 0 amide bonds. The van der Waals surface area contributed by atoms with Crippen molar-refractivity contribution in [3.05, 3.63) is 41.3 Å². The Morgan fingerprint density at radius 1 is 1.33 bits per heavy atom. The van der Waals surface area contributed by atoms with Crippen LogP contribution in [0.1, 0.15) is 5.56 Å². The molecule has 1 aromatic carbocycles. The average Bonchev–Trinajstić information content (AvgIpc) is 2.71. The fourth-order valence-electron chi connectivity index (χ4n) is 1.14. The van der Waals surface area contributed by atoms with Crippen molar-refractivity contribution in [1.82, 2.24) is 4.37 Å². The lowest BCUT2D eigenvalue weighted by Gasteiger charge is -2.06. The number of rotatable bonds is 3. The van der Waals surface area contributed by atoms with Crippen LogP contribution < -0.4 is 10.5 Å². The van der Waals surface area contributed by atoms with Gasteiger partial charge in [-0.05, 0) is 23.7 Å². The van der Waals surface area contributed by atoms with E-state index in [0.717, 1.165) is 0 Å². The topological polar surface area (TPSA) is 72.0 Å². The van der Waals surface area contributed by atoms with Crippen molar-refractivity contribution in [2.45, 2.75) is 0 Å². The molecule has 1 heterocycles. The molecule has 2 rings (SSSR count). The monoisotopic (exact) mass is 219 g/mol. The van der Waals surface area contributed by atoms with Gasteiger partial charge in [0, 0.05) is 11.4 Å². The summed E-state index contributed by atoms with van der Waals surface area (Å²) in [5.41, 5.74) is 6.00. The van der Waals surface area contributed by atoms with E-state index in [2.05, 4.69) is 4.37 Å². The van der Waals surface area contributed by atoms with E-state index in [1.54, 1.807) is 18.2 Å². The minimum absolute atomic E-state index is 0.0131. The van der Waals surface area contributed by atoms with Gasteiger partial charge in [0.25, 0.3) is 0 Å². The number of nitrogens with zero attached hydrogens (tertiary/aromatic N) is 1. The van der Waals surface area contributed by atoms with Crippen LogP contribution in [0.4, 0.5) is 0 Å². The quantitative estimate of drug-likeness (QED) is 0.614. The van der Waals surface area contributed by atoms with Crippen LogP contribution in [-0.2, 0) is 0 Å². The summed E-state index contributed by atoms with van der Waals surface area (Å²) in [6.07, 6.45) is 0. The Labute approximate surface area is 91.0 Å². The first-order chi connectivity index (χ1) is 7.27. The van der Waals surface area contributed by atoms with Crippen molar-refractivity contribution < 1.29 is 4.74 Å². The predicted octanol–water partition coefficient (Wildman–Crippen LogP) is 2.22. The first kappa shape index (κ1) is 9.67. The molecule has 5 heteroatoms. The number of nitrogen functional groups attached to an aromatic ring is 1. The van der Waals surface area contributed by atoms with Crippen LogP contribution in [0.5, 0.6) is 11.6 Å². The highest BCUT2D eigenvalue weighted by atomic mass is 32.1. The minimum Gasteiger partial charge on any atom is -0.437 e. The zero-order valence-electron chi connectivity index (χ0n) is 7.81. The number of ether oxygens (including phenoxy) is 1. The minimum atomic E-state index is -0.0131. The lowest BCUT2D eigenvalue weighted by atomic mass is 10.2. The molecule has 0 spiro atoms. The van der Waals surface area contributed by atoms with Crippen molar-refractivity contribution in [2.75, 3.05) is 0 Å². The normalized spacial score (nSPS) is 9.87. The van der Waals surface area contributed by atoms with Crippen molar-refractivity contribution in [3.8, 4) is 11.6 Å². The van der Waals surface area contributed by atoms with Gasteiger partial charge in [-0.15, -0.1) is 0 Å². The van der Waals surface area contributed by atoms with Crippen LogP contribution in [0.15, 0.2) is 35.7 Å². The predicted molar refractivity (Wildman–Crippen MR) is 59.6 cm³/mol. The van der Waals surface area contributed by atoms with E-state index in [-0.39, 0.29) is 5.84 Å². The molecule has 0 unspecified atom stereocenters. The summed E-state index contributed by atoms with van der Waals surface area (Å²) in [5, 5.41) is 9.21. The third-order valence-corrected chi connectivity index (χ3v) is 2.35. The molecular weight excluding hydrogens is 210 g/mol. The summed E-state index contributed by atoms with van der Waals surface area (Å²) in [6, 6.07) is 8.90. The van der Waals surface area contributed by atoms with Gasteiger partial charge in [-0.1, -0.05) is 12.1 Å². The van der Waals surface area contributed by atoms with Gasteiger partial charge in [0.2, 0.25) is 5.88 Å². The number of hydrogen-bond acceptors (Lipinski definition) is 4. The first-order valence-electron chi connectivity index (χ1n) is 4.29. The van der Waals surface area contributed by atoms with Crippen molar-refractivity contribution in [3.63, 3.8) is 0 Å². The zero-order valence-corrected chi connectivity index (χ0v) is 8.62. The Hall–Kier alpha value is -1.88. The Bertz CT molecular complexity index is 467. The summed E-state index contributed by atoms with van der Waals surface area (Å²) < 4.78 is 9.51. The summed E-state index contributed by atoms with van der Waals surface area (Å²) in [4.78, 5) is 0. The highest BCUT2D eigenvalue weighted by molar-refractivity contribution is 7.03. The first-order valence-corrected chi connectivity index (χ1v) is 5.12. The second-order valence-corrected chi connectivity index (χ2v) is 3.52. The van der Waals surface area contributed by atoms with E-state index in [4.69, 9.17) is 15.9 Å². The summed E-state index contributed by atoms with van der Waals surface area (Å²) in [6.45, 7) is 0. The number of hydrogen-bond donors (Lipinski definition) is 2. The Kier molecular flexibility index (Phi) is 2.64. The second-order valence-electron chi connectivity index (χ2n) is 2.85. The average molecular weight is 219 g/mol. The third kappa shape index (κ3) is 2.13. The van der Waals surface area contributed by atoms with Gasteiger partial charge < -0.3 is 10.5 Å². The molecule has 0 bridgehead atoms. The van der Waals surface area contributed by atoms with Gasteiger partial charge in [-0.3, -0.25) is 5.41 Å². The largest absolute Gasteiger partial charge is 0.437 e. The number of para-hydroxylation sites is 1. The van der Waals surface area contributed by atoms with Gasteiger partial charge in [-0.2, -0.15) is 4.37 Å². The van der Waals surface area contributed by atoms with Gasteiger partial charge in [0.05, 0.1) is 5.56 Å². The lowest BCUT2D eigenvalue weighted by Crippen LogP contribution is -2.12.